The number of carbonyl (C=O) groups is 1. The van der Waals surface area contributed by atoms with Gasteiger partial charge in [-0.25, -0.2) is 8.78 Å². The summed E-state index contributed by atoms with van der Waals surface area (Å²) in [4.78, 5) is 11.9. The molecule has 0 unspecified atom stereocenters. The minimum atomic E-state index is -0.775. The number of nitrogens with zero attached hydrogens (tertiary/aromatic N) is 1. The summed E-state index contributed by atoms with van der Waals surface area (Å²) >= 11 is 0. The third kappa shape index (κ3) is 2.72. The quantitative estimate of drug-likeness (QED) is 0.825. The van der Waals surface area contributed by atoms with Crippen molar-refractivity contribution in [2.75, 3.05) is 11.1 Å². The van der Waals surface area contributed by atoms with Crippen molar-refractivity contribution < 1.29 is 13.6 Å². The number of anilines is 2. The molecule has 0 saturated carbocycles. The van der Waals surface area contributed by atoms with Gasteiger partial charge in [0.15, 0.2) is 0 Å². The third-order valence-electron chi connectivity index (χ3n) is 2.59. The molecule has 2 aromatic carbocycles. The molecule has 2 rings (SSSR count). The first-order valence-electron chi connectivity index (χ1n) is 5.57. The molecular weight excluding hydrogens is 264 g/mol. The SMILES string of the molecule is N#Cc1cc(F)ccc1NC(=O)c1ccc(N)cc1F. The zero-order valence-corrected chi connectivity index (χ0v) is 10.2. The van der Waals surface area contributed by atoms with Crippen LogP contribution in [0.15, 0.2) is 36.4 Å². The summed E-state index contributed by atoms with van der Waals surface area (Å²) in [7, 11) is 0. The molecule has 0 heterocycles. The number of benzene rings is 2. The molecule has 0 saturated heterocycles. The number of nitrogens with one attached hydrogen (secondary N) is 1. The number of nitrogen functional groups attached to an aromatic ring is 1. The largest absolute Gasteiger partial charge is 0.399 e. The summed E-state index contributed by atoms with van der Waals surface area (Å²) in [5, 5.41) is 11.2. The number of halogens is 2. The number of carbonyl (C=O) groups excluding carboxylic acids is 1. The molecule has 4 nitrogen and oxygen atoms in total. The van der Waals surface area contributed by atoms with Crippen LogP contribution in [-0.2, 0) is 0 Å². The van der Waals surface area contributed by atoms with E-state index in [1.54, 1.807) is 6.07 Å². The van der Waals surface area contributed by atoms with E-state index in [0.717, 1.165) is 18.2 Å². The Morgan fingerprint density at radius 2 is 1.95 bits per heavy atom. The van der Waals surface area contributed by atoms with Crippen molar-refractivity contribution in [3.63, 3.8) is 0 Å². The Kier molecular flexibility index (Phi) is 3.62. The van der Waals surface area contributed by atoms with Gasteiger partial charge < -0.3 is 11.1 Å². The molecule has 0 spiro atoms. The predicted octanol–water partition coefficient (Wildman–Crippen LogP) is 2.67. The molecule has 0 radical (unpaired) electrons. The van der Waals surface area contributed by atoms with E-state index < -0.39 is 17.5 Å². The highest BCUT2D eigenvalue weighted by Crippen LogP contribution is 2.18. The van der Waals surface area contributed by atoms with Crippen LogP contribution in [0.2, 0.25) is 0 Å². The molecule has 3 N–H and O–H groups in total. The maximum atomic E-state index is 13.6. The highest BCUT2D eigenvalue weighted by molar-refractivity contribution is 6.05. The lowest BCUT2D eigenvalue weighted by atomic mass is 10.1. The monoisotopic (exact) mass is 273 g/mol. The highest BCUT2D eigenvalue weighted by atomic mass is 19.1. The lowest BCUT2D eigenvalue weighted by molar-refractivity contribution is 0.102. The number of amides is 1. The lowest BCUT2D eigenvalue weighted by Gasteiger charge is -2.08. The summed E-state index contributed by atoms with van der Waals surface area (Å²) in [5.41, 5.74) is 5.42. The highest BCUT2D eigenvalue weighted by Gasteiger charge is 2.14. The normalized spacial score (nSPS) is 9.85. The van der Waals surface area contributed by atoms with Gasteiger partial charge in [0.05, 0.1) is 16.8 Å². The van der Waals surface area contributed by atoms with Crippen LogP contribution in [-0.4, -0.2) is 5.91 Å². The van der Waals surface area contributed by atoms with Crippen LogP contribution in [0.1, 0.15) is 15.9 Å². The van der Waals surface area contributed by atoms with Gasteiger partial charge in [-0.1, -0.05) is 0 Å². The van der Waals surface area contributed by atoms with Crippen molar-refractivity contribution in [1.82, 2.24) is 0 Å². The molecule has 1 amide bonds. The van der Waals surface area contributed by atoms with Crippen LogP contribution in [0.25, 0.3) is 0 Å². The standard InChI is InChI=1S/C14H9F2N3O/c15-9-1-4-13(8(5-9)7-17)19-14(20)11-3-2-10(18)6-12(11)16/h1-6H,18H2,(H,19,20). The molecule has 0 aliphatic heterocycles. The first-order chi connectivity index (χ1) is 9.51. The Labute approximate surface area is 113 Å². The average Bonchev–Trinajstić information content (AvgIpc) is 2.40. The Morgan fingerprint density at radius 3 is 2.60 bits per heavy atom. The summed E-state index contributed by atoms with van der Waals surface area (Å²) < 4.78 is 26.5. The van der Waals surface area contributed by atoms with Crippen LogP contribution in [0.5, 0.6) is 0 Å². The van der Waals surface area contributed by atoms with Gasteiger partial charge in [-0.3, -0.25) is 4.79 Å². The van der Waals surface area contributed by atoms with Crippen LogP contribution in [0.4, 0.5) is 20.2 Å². The molecular formula is C14H9F2N3O. The molecule has 0 aromatic heterocycles. The Hall–Kier alpha value is -2.94. The second-order valence-electron chi connectivity index (χ2n) is 4.00. The van der Waals surface area contributed by atoms with Gasteiger partial charge in [0.25, 0.3) is 5.91 Å². The molecule has 20 heavy (non-hydrogen) atoms. The van der Waals surface area contributed by atoms with E-state index in [4.69, 9.17) is 11.0 Å². The van der Waals surface area contributed by atoms with E-state index in [9.17, 15) is 13.6 Å². The zero-order chi connectivity index (χ0) is 14.7. The fourth-order valence-electron chi connectivity index (χ4n) is 1.62. The average molecular weight is 273 g/mol. The molecule has 2 aromatic rings. The van der Waals surface area contributed by atoms with Crippen LogP contribution in [0, 0.1) is 23.0 Å². The van der Waals surface area contributed by atoms with Gasteiger partial charge in [0, 0.05) is 5.69 Å². The van der Waals surface area contributed by atoms with Crippen molar-refractivity contribution >= 4 is 17.3 Å². The van der Waals surface area contributed by atoms with Crippen molar-refractivity contribution in [2.24, 2.45) is 0 Å². The Bertz CT molecular complexity index is 723. The maximum Gasteiger partial charge on any atom is 0.258 e. The van der Waals surface area contributed by atoms with E-state index in [2.05, 4.69) is 5.32 Å². The van der Waals surface area contributed by atoms with Gasteiger partial charge in [-0.05, 0) is 36.4 Å². The van der Waals surface area contributed by atoms with Crippen LogP contribution in [0.3, 0.4) is 0 Å². The molecule has 0 fully saturated rings. The number of nitrogens with two attached hydrogens (primary N) is 1. The molecule has 0 bridgehead atoms. The number of hydrogen-bond donors (Lipinski definition) is 2. The van der Waals surface area contributed by atoms with Crippen molar-refractivity contribution in [3.8, 4) is 6.07 Å². The van der Waals surface area contributed by atoms with Gasteiger partial charge >= 0.3 is 0 Å². The van der Waals surface area contributed by atoms with E-state index in [1.807, 2.05) is 0 Å². The fraction of sp³-hybridized carbons (Fsp3) is 0. The summed E-state index contributed by atoms with van der Waals surface area (Å²) in [6, 6.07) is 8.69. The van der Waals surface area contributed by atoms with Gasteiger partial charge in [-0.15, -0.1) is 0 Å². The fourth-order valence-corrected chi connectivity index (χ4v) is 1.62. The van der Waals surface area contributed by atoms with Crippen LogP contribution >= 0.6 is 0 Å². The molecule has 100 valence electrons. The number of nitriles is 1. The zero-order valence-electron chi connectivity index (χ0n) is 10.2. The summed E-state index contributed by atoms with van der Waals surface area (Å²) in [5.74, 6) is -2.12. The summed E-state index contributed by atoms with van der Waals surface area (Å²) in [6.07, 6.45) is 0. The second kappa shape index (κ2) is 5.36. The number of rotatable bonds is 2. The van der Waals surface area contributed by atoms with Crippen molar-refractivity contribution in [1.29, 1.82) is 5.26 Å². The topological polar surface area (TPSA) is 78.9 Å². The van der Waals surface area contributed by atoms with Crippen LogP contribution < -0.4 is 11.1 Å². The van der Waals surface area contributed by atoms with E-state index in [0.29, 0.717) is 0 Å². The van der Waals surface area contributed by atoms with E-state index in [-0.39, 0.29) is 22.5 Å². The smallest absolute Gasteiger partial charge is 0.258 e. The molecule has 0 aliphatic rings. The minimum absolute atomic E-state index is 0.0470. The maximum absolute atomic E-state index is 13.6. The molecule has 6 heteroatoms. The first kappa shape index (κ1) is 13.5. The van der Waals surface area contributed by atoms with Gasteiger partial charge in [0.2, 0.25) is 0 Å². The number of hydrogen-bond acceptors (Lipinski definition) is 3. The Morgan fingerprint density at radius 1 is 1.20 bits per heavy atom. The first-order valence-corrected chi connectivity index (χ1v) is 5.57. The summed E-state index contributed by atoms with van der Waals surface area (Å²) in [6.45, 7) is 0. The van der Waals surface area contributed by atoms with Gasteiger partial charge in [-0.2, -0.15) is 5.26 Å². The van der Waals surface area contributed by atoms with Crippen molar-refractivity contribution in [2.45, 2.75) is 0 Å². The Balaban J connectivity index is 2.31. The second-order valence-corrected chi connectivity index (χ2v) is 4.00. The van der Waals surface area contributed by atoms with Gasteiger partial charge in [0.1, 0.15) is 17.7 Å². The molecule has 0 atom stereocenters. The predicted molar refractivity (Wildman–Crippen MR) is 69.9 cm³/mol. The lowest BCUT2D eigenvalue weighted by Crippen LogP contribution is -2.15. The molecule has 0 aliphatic carbocycles. The van der Waals surface area contributed by atoms with E-state index in [1.165, 1.54) is 18.2 Å². The van der Waals surface area contributed by atoms with Crippen molar-refractivity contribution in [3.05, 3.63) is 59.2 Å². The minimum Gasteiger partial charge on any atom is -0.399 e. The van der Waals surface area contributed by atoms with E-state index >= 15 is 0 Å². The third-order valence-corrected chi connectivity index (χ3v) is 2.59.